The van der Waals surface area contributed by atoms with Gasteiger partial charge in [-0.25, -0.2) is 9.97 Å². The molecule has 2 heterocycles. The zero-order valence-electron chi connectivity index (χ0n) is 20.9. The summed E-state index contributed by atoms with van der Waals surface area (Å²) in [6.45, 7) is 3.25. The van der Waals surface area contributed by atoms with Gasteiger partial charge in [-0.15, -0.1) is 0 Å². The third kappa shape index (κ3) is 6.04. The Morgan fingerprint density at radius 1 is 0.865 bits per heavy atom. The summed E-state index contributed by atoms with van der Waals surface area (Å²) >= 11 is 0. The van der Waals surface area contributed by atoms with Crippen molar-refractivity contribution in [3.63, 3.8) is 0 Å². The molecule has 5 aromatic rings. The van der Waals surface area contributed by atoms with Crippen LogP contribution in [-0.2, 0) is 11.2 Å². The van der Waals surface area contributed by atoms with Gasteiger partial charge in [0.05, 0.1) is 17.8 Å². The van der Waals surface area contributed by atoms with Crippen LogP contribution >= 0.6 is 0 Å². The van der Waals surface area contributed by atoms with Crippen LogP contribution in [-0.4, -0.2) is 29.0 Å². The van der Waals surface area contributed by atoms with Gasteiger partial charge >= 0.3 is 0 Å². The van der Waals surface area contributed by atoms with Gasteiger partial charge in [0.1, 0.15) is 5.82 Å². The fourth-order valence-corrected chi connectivity index (χ4v) is 4.42. The van der Waals surface area contributed by atoms with E-state index >= 15 is 0 Å². The van der Waals surface area contributed by atoms with Gasteiger partial charge in [-0.05, 0) is 48.7 Å². The lowest BCUT2D eigenvalue weighted by molar-refractivity contribution is -0.121. The maximum absolute atomic E-state index is 13.0. The first-order chi connectivity index (χ1) is 18.2. The molecule has 0 bridgehead atoms. The van der Waals surface area contributed by atoms with Crippen LogP contribution in [0.25, 0.3) is 22.5 Å². The number of furan rings is 1. The highest BCUT2D eigenvalue weighted by Gasteiger charge is 2.18. The Morgan fingerprint density at radius 2 is 1.59 bits per heavy atom. The molecule has 3 aromatic carbocycles. The standard InChI is InChI=1S/C31H30N4O2/c1-23(25-13-6-3-7-14-25)32-29(36)19-21-35(20-18-24-11-4-2-5-12-24)31-26-15-8-9-16-27(26)33-30(34-31)28-17-10-22-37-28/h2-17,22-23H,18-21H2,1H3,(H,32,36)/t23-/m0/s1. The molecule has 0 saturated heterocycles. The molecule has 186 valence electrons. The van der Waals surface area contributed by atoms with Crippen molar-refractivity contribution in [3.8, 4) is 11.6 Å². The van der Waals surface area contributed by atoms with Crippen LogP contribution < -0.4 is 10.2 Å². The highest BCUT2D eigenvalue weighted by Crippen LogP contribution is 2.28. The molecule has 0 spiro atoms. The Bertz CT molecular complexity index is 1440. The van der Waals surface area contributed by atoms with Crippen LogP contribution in [0, 0.1) is 0 Å². The number of rotatable bonds is 10. The van der Waals surface area contributed by atoms with Crippen molar-refractivity contribution in [2.45, 2.75) is 25.8 Å². The van der Waals surface area contributed by atoms with E-state index in [-0.39, 0.29) is 11.9 Å². The molecule has 0 aliphatic rings. The Kier molecular flexibility index (Phi) is 7.55. The number of fused-ring (bicyclic) bond motifs is 1. The van der Waals surface area contributed by atoms with Crippen molar-refractivity contribution >= 4 is 22.6 Å². The van der Waals surface area contributed by atoms with Gasteiger partial charge in [0, 0.05) is 24.9 Å². The molecular weight excluding hydrogens is 460 g/mol. The number of benzene rings is 3. The molecule has 37 heavy (non-hydrogen) atoms. The van der Waals surface area contributed by atoms with Crippen LogP contribution in [0.4, 0.5) is 5.82 Å². The number of hydrogen-bond acceptors (Lipinski definition) is 5. The molecule has 0 saturated carbocycles. The Morgan fingerprint density at radius 3 is 2.35 bits per heavy atom. The largest absolute Gasteiger partial charge is 0.461 e. The predicted octanol–water partition coefficient (Wildman–Crippen LogP) is 6.21. The van der Waals surface area contributed by atoms with E-state index in [4.69, 9.17) is 14.4 Å². The van der Waals surface area contributed by atoms with Crippen LogP contribution in [0.3, 0.4) is 0 Å². The molecule has 6 nitrogen and oxygen atoms in total. The normalized spacial score (nSPS) is 11.8. The minimum atomic E-state index is -0.0584. The van der Waals surface area contributed by atoms with Crippen molar-refractivity contribution in [3.05, 3.63) is 114 Å². The number of aromatic nitrogens is 2. The number of anilines is 1. The zero-order chi connectivity index (χ0) is 25.5. The van der Waals surface area contributed by atoms with Crippen molar-refractivity contribution in [2.24, 2.45) is 0 Å². The summed E-state index contributed by atoms with van der Waals surface area (Å²) in [5.74, 6) is 1.96. The molecule has 0 fully saturated rings. The van der Waals surface area contributed by atoms with E-state index in [2.05, 4.69) is 22.3 Å². The average Bonchev–Trinajstić information content (AvgIpc) is 3.49. The fourth-order valence-electron chi connectivity index (χ4n) is 4.42. The fraction of sp³-hybridized carbons (Fsp3) is 0.194. The SMILES string of the molecule is C[C@H](NC(=O)CCN(CCc1ccccc1)c1nc(-c2ccco2)nc2ccccc12)c1ccccc1. The molecule has 6 heteroatoms. The second kappa shape index (κ2) is 11.5. The smallest absolute Gasteiger partial charge is 0.222 e. The Balaban J connectivity index is 1.41. The van der Waals surface area contributed by atoms with Crippen LogP contribution in [0.1, 0.15) is 30.5 Å². The van der Waals surface area contributed by atoms with Gasteiger partial charge in [-0.3, -0.25) is 4.79 Å². The summed E-state index contributed by atoms with van der Waals surface area (Å²) in [6, 6.07) is 32.0. The van der Waals surface area contributed by atoms with E-state index in [9.17, 15) is 4.79 Å². The Hall–Kier alpha value is -4.45. The monoisotopic (exact) mass is 490 g/mol. The lowest BCUT2D eigenvalue weighted by Gasteiger charge is -2.26. The first-order valence-electron chi connectivity index (χ1n) is 12.6. The average molecular weight is 491 g/mol. The summed E-state index contributed by atoms with van der Waals surface area (Å²) in [5.41, 5.74) is 3.16. The second-order valence-electron chi connectivity index (χ2n) is 9.04. The van der Waals surface area contributed by atoms with Crippen molar-refractivity contribution in [1.29, 1.82) is 0 Å². The van der Waals surface area contributed by atoms with Crippen LogP contribution in [0.5, 0.6) is 0 Å². The summed E-state index contributed by atoms with van der Waals surface area (Å²) in [7, 11) is 0. The molecule has 0 aliphatic carbocycles. The van der Waals surface area contributed by atoms with Crippen LogP contribution in [0.2, 0.25) is 0 Å². The first kappa shape index (κ1) is 24.3. The molecule has 0 aliphatic heterocycles. The molecule has 0 radical (unpaired) electrons. The number of hydrogen-bond donors (Lipinski definition) is 1. The van der Waals surface area contributed by atoms with Gasteiger partial charge in [0.25, 0.3) is 0 Å². The zero-order valence-corrected chi connectivity index (χ0v) is 20.9. The number of nitrogens with zero attached hydrogens (tertiary/aromatic N) is 3. The van der Waals surface area contributed by atoms with Gasteiger partial charge < -0.3 is 14.6 Å². The molecule has 0 unspecified atom stereocenters. The highest BCUT2D eigenvalue weighted by molar-refractivity contribution is 5.91. The predicted molar refractivity (Wildman–Crippen MR) is 147 cm³/mol. The van der Waals surface area contributed by atoms with Crippen molar-refractivity contribution in [2.75, 3.05) is 18.0 Å². The van der Waals surface area contributed by atoms with E-state index in [0.29, 0.717) is 31.1 Å². The molecule has 5 rings (SSSR count). The molecule has 1 amide bonds. The lowest BCUT2D eigenvalue weighted by Crippen LogP contribution is -2.34. The third-order valence-corrected chi connectivity index (χ3v) is 6.42. The quantitative estimate of drug-likeness (QED) is 0.252. The van der Waals surface area contributed by atoms with E-state index in [0.717, 1.165) is 28.7 Å². The Labute approximate surface area is 217 Å². The van der Waals surface area contributed by atoms with Crippen molar-refractivity contribution < 1.29 is 9.21 Å². The molecule has 2 aromatic heterocycles. The topological polar surface area (TPSA) is 71.3 Å². The highest BCUT2D eigenvalue weighted by atomic mass is 16.3. The minimum absolute atomic E-state index is 0.00526. The summed E-state index contributed by atoms with van der Waals surface area (Å²) in [5, 5.41) is 4.08. The van der Waals surface area contributed by atoms with E-state index < -0.39 is 0 Å². The van der Waals surface area contributed by atoms with Gasteiger partial charge in [0.2, 0.25) is 5.91 Å². The van der Waals surface area contributed by atoms with Crippen molar-refractivity contribution in [1.82, 2.24) is 15.3 Å². The minimum Gasteiger partial charge on any atom is -0.461 e. The van der Waals surface area contributed by atoms with Gasteiger partial charge in [-0.2, -0.15) is 0 Å². The molecule has 1 atom stereocenters. The van der Waals surface area contributed by atoms with E-state index in [1.165, 1.54) is 5.56 Å². The van der Waals surface area contributed by atoms with E-state index in [1.807, 2.05) is 91.9 Å². The number of carbonyl (C=O) groups excluding carboxylic acids is 1. The van der Waals surface area contributed by atoms with Gasteiger partial charge in [0.15, 0.2) is 11.6 Å². The molecule has 1 N–H and O–H groups in total. The second-order valence-corrected chi connectivity index (χ2v) is 9.04. The number of amides is 1. The van der Waals surface area contributed by atoms with Gasteiger partial charge in [-0.1, -0.05) is 72.8 Å². The number of carbonyl (C=O) groups is 1. The lowest BCUT2D eigenvalue weighted by atomic mass is 10.1. The van der Waals surface area contributed by atoms with Crippen LogP contribution in [0.15, 0.2) is 108 Å². The third-order valence-electron chi connectivity index (χ3n) is 6.42. The summed E-state index contributed by atoms with van der Waals surface area (Å²) in [4.78, 5) is 24.8. The maximum atomic E-state index is 13.0. The maximum Gasteiger partial charge on any atom is 0.222 e. The molecular formula is C31H30N4O2. The number of nitrogens with one attached hydrogen (secondary N) is 1. The first-order valence-corrected chi connectivity index (χ1v) is 12.6. The van der Waals surface area contributed by atoms with E-state index in [1.54, 1.807) is 6.26 Å². The summed E-state index contributed by atoms with van der Waals surface area (Å²) in [6.07, 6.45) is 2.80. The summed E-state index contributed by atoms with van der Waals surface area (Å²) < 4.78 is 5.61. The number of para-hydroxylation sites is 1.